The molecule has 2 rings (SSSR count). The fourth-order valence-corrected chi connectivity index (χ4v) is 3.04. The average Bonchev–Trinajstić information content (AvgIpc) is 2.74. The molecule has 0 unspecified atom stereocenters. The summed E-state index contributed by atoms with van der Waals surface area (Å²) in [5.41, 5.74) is -0.329. The van der Waals surface area contributed by atoms with Gasteiger partial charge in [-0.25, -0.2) is 0 Å². The molecule has 2 aliphatic heterocycles. The zero-order valence-corrected chi connectivity index (χ0v) is 10.4. The third kappa shape index (κ3) is 2.58. The second-order valence-electron chi connectivity index (χ2n) is 4.18. The Morgan fingerprint density at radius 1 is 1.41 bits per heavy atom. The predicted octanol–water partition coefficient (Wildman–Crippen LogP) is -1.10. The Morgan fingerprint density at radius 2 is 2.18 bits per heavy atom. The fraction of sp³-hybridized carbons (Fsp3) is 0.900. The smallest absolute Gasteiger partial charge is 0.159 e. The van der Waals surface area contributed by atoms with Crippen LogP contribution >= 0.6 is 11.8 Å². The Hall–Kier alpha value is -0.340. The van der Waals surface area contributed by atoms with Crippen molar-refractivity contribution in [2.75, 3.05) is 13.2 Å². The van der Waals surface area contributed by atoms with Crippen LogP contribution in [0.1, 0.15) is 13.3 Å². The number of fused-ring (bicyclic) bond motifs is 1. The van der Waals surface area contributed by atoms with Crippen LogP contribution in [0.4, 0.5) is 0 Å². The Labute approximate surface area is 104 Å². The maximum Gasteiger partial charge on any atom is 0.159 e. The molecule has 0 aromatic rings. The van der Waals surface area contributed by atoms with Crippen LogP contribution in [0, 0.1) is 0 Å². The summed E-state index contributed by atoms with van der Waals surface area (Å²) in [6, 6.07) is -0.461. The van der Waals surface area contributed by atoms with Gasteiger partial charge in [0.05, 0.1) is 6.61 Å². The van der Waals surface area contributed by atoms with Crippen LogP contribution in [0.15, 0.2) is 4.99 Å². The summed E-state index contributed by atoms with van der Waals surface area (Å²) >= 11 is 1.39. The number of ether oxygens (including phenoxy) is 1. The largest absolute Gasteiger partial charge is 0.394 e. The van der Waals surface area contributed by atoms with Crippen LogP contribution in [-0.2, 0) is 4.74 Å². The first-order chi connectivity index (χ1) is 8.17. The highest BCUT2D eigenvalue weighted by molar-refractivity contribution is 8.14. The lowest BCUT2D eigenvalue weighted by Crippen LogP contribution is -2.55. The van der Waals surface area contributed by atoms with Crippen LogP contribution in [0.3, 0.4) is 0 Å². The second kappa shape index (κ2) is 5.53. The summed E-state index contributed by atoms with van der Waals surface area (Å²) in [5.74, 6) is 0. The molecule has 0 aliphatic carbocycles. The van der Waals surface area contributed by atoms with Gasteiger partial charge in [-0.3, -0.25) is 4.99 Å². The lowest BCUT2D eigenvalue weighted by Gasteiger charge is -2.37. The number of amidine groups is 1. The molecule has 0 aromatic carbocycles. The number of rotatable bonds is 3. The van der Waals surface area contributed by atoms with Crippen molar-refractivity contribution in [3.05, 3.63) is 0 Å². The third-order valence-electron chi connectivity index (χ3n) is 2.87. The highest BCUT2D eigenvalue weighted by Gasteiger charge is 2.47. The average molecular weight is 262 g/mol. The van der Waals surface area contributed by atoms with Gasteiger partial charge in [0.15, 0.2) is 5.17 Å². The first-order valence-corrected chi connectivity index (χ1v) is 6.66. The van der Waals surface area contributed by atoms with Crippen molar-refractivity contribution in [1.29, 1.82) is 0 Å². The molecule has 6 nitrogen and oxygen atoms in total. The number of aliphatic hydroxyl groups is 3. The molecule has 0 radical (unpaired) electrons. The van der Waals surface area contributed by atoms with E-state index in [0.717, 1.165) is 18.1 Å². The van der Waals surface area contributed by atoms with Gasteiger partial charge in [0.1, 0.15) is 29.8 Å². The van der Waals surface area contributed by atoms with Gasteiger partial charge in [-0.2, -0.15) is 0 Å². The minimum atomic E-state index is -1.09. The Kier molecular flexibility index (Phi) is 4.26. The van der Waals surface area contributed by atoms with E-state index in [9.17, 15) is 10.2 Å². The minimum Gasteiger partial charge on any atom is -0.394 e. The second-order valence-corrected chi connectivity index (χ2v) is 5.26. The van der Waals surface area contributed by atoms with E-state index in [2.05, 4.69) is 17.2 Å². The standard InChI is InChI=1S/C10H18N2O4S/c1-2-3-11-10-12-6-8(15)7(14)5(4-13)16-9(6)17-10/h5-9,13-15H,2-4H2,1H3,(H,11,12)/t5-,6-,7+,8-,9-/m1/s1. The highest BCUT2D eigenvalue weighted by Crippen LogP contribution is 2.35. The number of thioether (sulfide) groups is 1. The minimum absolute atomic E-state index is 0.306. The lowest BCUT2D eigenvalue weighted by molar-refractivity contribution is -0.164. The lowest BCUT2D eigenvalue weighted by atomic mass is 9.99. The summed E-state index contributed by atoms with van der Waals surface area (Å²) in [6.45, 7) is 2.56. The quantitative estimate of drug-likeness (QED) is 0.516. The van der Waals surface area contributed by atoms with Gasteiger partial charge in [-0.15, -0.1) is 0 Å². The van der Waals surface area contributed by atoms with Crippen LogP contribution < -0.4 is 5.32 Å². The number of nitrogens with zero attached hydrogens (tertiary/aromatic N) is 1. The van der Waals surface area contributed by atoms with Gasteiger partial charge in [0, 0.05) is 6.54 Å². The molecule has 98 valence electrons. The van der Waals surface area contributed by atoms with E-state index in [0.29, 0.717) is 0 Å². The van der Waals surface area contributed by atoms with Crippen molar-refractivity contribution in [2.24, 2.45) is 4.99 Å². The Balaban J connectivity index is 2.01. The van der Waals surface area contributed by atoms with Crippen molar-refractivity contribution in [3.8, 4) is 0 Å². The molecule has 2 heterocycles. The van der Waals surface area contributed by atoms with Crippen LogP contribution in [0.2, 0.25) is 0 Å². The molecule has 17 heavy (non-hydrogen) atoms. The van der Waals surface area contributed by atoms with Crippen LogP contribution in [0.5, 0.6) is 0 Å². The maximum atomic E-state index is 9.90. The molecule has 0 saturated carbocycles. The SMILES string of the molecule is CCCNC1=N[C@@H]2[C@@H](O)[C@@H](O)[C@@H](CO)O[C@@H]2S1. The zero-order chi connectivity index (χ0) is 12.4. The van der Waals surface area contributed by atoms with E-state index >= 15 is 0 Å². The van der Waals surface area contributed by atoms with Crippen LogP contribution in [0.25, 0.3) is 0 Å². The molecule has 1 saturated heterocycles. The molecule has 5 atom stereocenters. The van der Waals surface area contributed by atoms with Gasteiger partial charge in [0.2, 0.25) is 0 Å². The van der Waals surface area contributed by atoms with Gasteiger partial charge >= 0.3 is 0 Å². The summed E-state index contributed by atoms with van der Waals surface area (Å²) in [7, 11) is 0. The topological polar surface area (TPSA) is 94.3 Å². The molecular weight excluding hydrogens is 244 g/mol. The summed E-state index contributed by atoms with van der Waals surface area (Å²) < 4.78 is 5.50. The molecule has 7 heteroatoms. The van der Waals surface area contributed by atoms with Crippen molar-refractivity contribution in [2.45, 2.75) is 43.1 Å². The number of hydrogen-bond donors (Lipinski definition) is 4. The monoisotopic (exact) mass is 262 g/mol. The van der Waals surface area contributed by atoms with E-state index < -0.39 is 24.4 Å². The van der Waals surface area contributed by atoms with Gasteiger partial charge < -0.3 is 25.4 Å². The highest BCUT2D eigenvalue weighted by atomic mass is 32.2. The number of aliphatic hydroxyl groups excluding tert-OH is 3. The molecule has 0 bridgehead atoms. The molecule has 4 N–H and O–H groups in total. The van der Waals surface area contributed by atoms with E-state index in [4.69, 9.17) is 9.84 Å². The summed E-state index contributed by atoms with van der Waals surface area (Å²) in [4.78, 5) is 4.30. The molecule has 2 aliphatic rings. The third-order valence-corrected chi connectivity index (χ3v) is 3.96. The van der Waals surface area contributed by atoms with Crippen molar-refractivity contribution >= 4 is 16.9 Å². The number of nitrogens with one attached hydrogen (secondary N) is 1. The Morgan fingerprint density at radius 3 is 2.82 bits per heavy atom. The Bertz CT molecular complexity index is 302. The number of hydrogen-bond acceptors (Lipinski definition) is 7. The first-order valence-electron chi connectivity index (χ1n) is 5.78. The molecular formula is C10H18N2O4S. The number of aliphatic imine (C=N–C) groups is 1. The van der Waals surface area contributed by atoms with E-state index in [1.54, 1.807) is 0 Å². The van der Waals surface area contributed by atoms with Crippen molar-refractivity contribution < 1.29 is 20.1 Å². The van der Waals surface area contributed by atoms with E-state index in [-0.39, 0.29) is 12.0 Å². The summed E-state index contributed by atoms with van der Waals surface area (Å²) in [6.07, 6.45) is -1.82. The van der Waals surface area contributed by atoms with Crippen molar-refractivity contribution in [1.82, 2.24) is 5.32 Å². The van der Waals surface area contributed by atoms with E-state index in [1.165, 1.54) is 11.8 Å². The van der Waals surface area contributed by atoms with E-state index in [1.807, 2.05) is 0 Å². The van der Waals surface area contributed by atoms with Gasteiger partial charge in [-0.05, 0) is 6.42 Å². The molecule has 0 aromatic heterocycles. The molecule has 0 spiro atoms. The maximum absolute atomic E-state index is 9.90. The molecule has 1 fully saturated rings. The fourth-order valence-electron chi connectivity index (χ4n) is 1.90. The van der Waals surface area contributed by atoms with Gasteiger partial charge in [-0.1, -0.05) is 18.7 Å². The normalized spacial score (nSPS) is 40.9. The first kappa shape index (κ1) is 13.1. The molecule has 0 amide bonds. The predicted molar refractivity (Wildman–Crippen MR) is 64.9 cm³/mol. The zero-order valence-electron chi connectivity index (χ0n) is 9.61. The van der Waals surface area contributed by atoms with Gasteiger partial charge in [0.25, 0.3) is 0 Å². The van der Waals surface area contributed by atoms with Crippen molar-refractivity contribution in [3.63, 3.8) is 0 Å². The van der Waals surface area contributed by atoms with Crippen LogP contribution in [-0.4, -0.2) is 63.4 Å². The summed E-state index contributed by atoms with van der Waals surface area (Å²) in [5, 5.41) is 32.5.